The predicted octanol–water partition coefficient (Wildman–Crippen LogP) is 3.47. The summed E-state index contributed by atoms with van der Waals surface area (Å²) in [7, 11) is 0. The van der Waals surface area contributed by atoms with Gasteiger partial charge in [-0.05, 0) is 39.3 Å². The summed E-state index contributed by atoms with van der Waals surface area (Å²) >= 11 is 1.47. The van der Waals surface area contributed by atoms with E-state index in [0.29, 0.717) is 5.13 Å². The number of amides is 1. The zero-order valence-corrected chi connectivity index (χ0v) is 12.9. The van der Waals surface area contributed by atoms with Crippen molar-refractivity contribution in [2.24, 2.45) is 0 Å². The number of thiazole rings is 1. The maximum Gasteiger partial charge on any atom is 0.266 e. The number of carbonyl (C=O) groups is 1. The van der Waals surface area contributed by atoms with Gasteiger partial charge in [0.2, 0.25) is 0 Å². The fourth-order valence-electron chi connectivity index (χ4n) is 1.67. The van der Waals surface area contributed by atoms with Gasteiger partial charge in [-0.3, -0.25) is 10.1 Å². The van der Waals surface area contributed by atoms with Crippen molar-refractivity contribution in [1.29, 1.82) is 0 Å². The van der Waals surface area contributed by atoms with Gasteiger partial charge in [-0.1, -0.05) is 18.2 Å². The number of benzene rings is 1. The molecule has 4 nitrogen and oxygen atoms in total. The van der Waals surface area contributed by atoms with Crippen LogP contribution in [0.25, 0.3) is 0 Å². The highest BCUT2D eigenvalue weighted by Gasteiger charge is 2.17. The molecule has 1 N–H and O–H groups in total. The van der Waals surface area contributed by atoms with E-state index in [1.807, 2.05) is 45.0 Å². The number of carbonyl (C=O) groups excluding carboxylic acids is 1. The summed E-state index contributed by atoms with van der Waals surface area (Å²) in [5, 5.41) is 3.40. The smallest absolute Gasteiger partial charge is 0.266 e. The normalized spacial score (nSPS) is 12.0. The van der Waals surface area contributed by atoms with Gasteiger partial charge in [0, 0.05) is 4.88 Å². The fraction of sp³-hybridized carbons (Fsp3) is 0.333. The monoisotopic (exact) mass is 290 g/mol. The van der Waals surface area contributed by atoms with Crippen LogP contribution in [0.5, 0.6) is 5.75 Å². The Morgan fingerprint density at radius 3 is 2.60 bits per heavy atom. The predicted molar refractivity (Wildman–Crippen MR) is 81.5 cm³/mol. The number of aryl methyl sites for hydroxylation is 3. The van der Waals surface area contributed by atoms with Gasteiger partial charge in [-0.2, -0.15) is 0 Å². The molecule has 0 aliphatic carbocycles. The van der Waals surface area contributed by atoms with E-state index in [9.17, 15) is 4.79 Å². The SMILES string of the molecule is Cc1ccccc1O[C@@H](C)C(=O)Nc1nc(C)c(C)s1. The molecule has 0 saturated heterocycles. The Bertz CT molecular complexity index is 603. The van der Waals surface area contributed by atoms with E-state index in [1.54, 1.807) is 6.92 Å². The van der Waals surface area contributed by atoms with Crippen molar-refractivity contribution in [3.63, 3.8) is 0 Å². The van der Waals surface area contributed by atoms with Crippen LogP contribution in [0.2, 0.25) is 0 Å². The van der Waals surface area contributed by atoms with Gasteiger partial charge in [0.1, 0.15) is 5.75 Å². The molecule has 2 rings (SSSR count). The lowest BCUT2D eigenvalue weighted by Gasteiger charge is -2.15. The lowest BCUT2D eigenvalue weighted by molar-refractivity contribution is -0.122. The molecule has 0 fully saturated rings. The van der Waals surface area contributed by atoms with Crippen molar-refractivity contribution < 1.29 is 9.53 Å². The van der Waals surface area contributed by atoms with Crippen molar-refractivity contribution >= 4 is 22.4 Å². The molecule has 0 bridgehead atoms. The minimum absolute atomic E-state index is 0.193. The third-order valence-corrected chi connectivity index (χ3v) is 4.01. The topological polar surface area (TPSA) is 51.2 Å². The average molecular weight is 290 g/mol. The van der Waals surface area contributed by atoms with Gasteiger partial charge < -0.3 is 4.74 Å². The fourth-order valence-corrected chi connectivity index (χ4v) is 2.48. The van der Waals surface area contributed by atoms with Crippen LogP contribution >= 0.6 is 11.3 Å². The number of rotatable bonds is 4. The molecule has 0 saturated carbocycles. The summed E-state index contributed by atoms with van der Waals surface area (Å²) < 4.78 is 5.68. The summed E-state index contributed by atoms with van der Waals surface area (Å²) in [6, 6.07) is 7.64. The van der Waals surface area contributed by atoms with E-state index in [2.05, 4.69) is 10.3 Å². The molecule has 5 heteroatoms. The molecule has 1 amide bonds. The van der Waals surface area contributed by atoms with Crippen molar-refractivity contribution in [3.8, 4) is 5.75 Å². The average Bonchev–Trinajstić information content (AvgIpc) is 2.71. The highest BCUT2D eigenvalue weighted by Crippen LogP contribution is 2.22. The molecule has 0 spiro atoms. The maximum atomic E-state index is 12.1. The minimum Gasteiger partial charge on any atom is -0.481 e. The zero-order valence-electron chi connectivity index (χ0n) is 12.1. The van der Waals surface area contributed by atoms with Crippen molar-refractivity contribution in [1.82, 2.24) is 4.98 Å². The number of ether oxygens (including phenoxy) is 1. The quantitative estimate of drug-likeness (QED) is 0.938. The summed E-state index contributed by atoms with van der Waals surface area (Å²) in [6.45, 7) is 7.59. The number of aromatic nitrogens is 1. The van der Waals surface area contributed by atoms with Crippen LogP contribution in [0.1, 0.15) is 23.1 Å². The third-order valence-electron chi connectivity index (χ3n) is 3.03. The summed E-state index contributed by atoms with van der Waals surface area (Å²) in [6.07, 6.45) is -0.569. The van der Waals surface area contributed by atoms with Gasteiger partial charge >= 0.3 is 0 Å². The van der Waals surface area contributed by atoms with Crippen LogP contribution < -0.4 is 10.1 Å². The minimum atomic E-state index is -0.569. The Kier molecular flexibility index (Phi) is 4.39. The van der Waals surface area contributed by atoms with E-state index in [4.69, 9.17) is 4.74 Å². The number of hydrogen-bond acceptors (Lipinski definition) is 4. The summed E-state index contributed by atoms with van der Waals surface area (Å²) in [4.78, 5) is 17.5. The molecular weight excluding hydrogens is 272 g/mol. The maximum absolute atomic E-state index is 12.1. The van der Waals surface area contributed by atoms with Gasteiger partial charge in [-0.15, -0.1) is 11.3 Å². The molecule has 0 radical (unpaired) electrons. The first-order valence-corrected chi connectivity index (χ1v) is 7.26. The Hall–Kier alpha value is -1.88. The van der Waals surface area contributed by atoms with E-state index in [0.717, 1.165) is 21.9 Å². The molecule has 20 heavy (non-hydrogen) atoms. The Morgan fingerprint density at radius 2 is 2.00 bits per heavy atom. The van der Waals surface area contributed by atoms with Gasteiger partial charge in [-0.25, -0.2) is 4.98 Å². The lowest BCUT2D eigenvalue weighted by atomic mass is 10.2. The highest BCUT2D eigenvalue weighted by atomic mass is 32.1. The Labute approximate surface area is 122 Å². The van der Waals surface area contributed by atoms with E-state index >= 15 is 0 Å². The van der Waals surface area contributed by atoms with Crippen LogP contribution in [0, 0.1) is 20.8 Å². The van der Waals surface area contributed by atoms with Crippen molar-refractivity contribution in [2.45, 2.75) is 33.8 Å². The molecule has 1 aromatic heterocycles. The van der Waals surface area contributed by atoms with E-state index in [-0.39, 0.29) is 5.91 Å². The number of hydrogen-bond donors (Lipinski definition) is 1. The van der Waals surface area contributed by atoms with Crippen LogP contribution in [0.15, 0.2) is 24.3 Å². The first-order chi connectivity index (χ1) is 9.47. The second-order valence-electron chi connectivity index (χ2n) is 4.68. The molecule has 106 valence electrons. The molecular formula is C15H18N2O2S. The first kappa shape index (κ1) is 14.5. The molecule has 2 aromatic rings. The Morgan fingerprint density at radius 1 is 1.30 bits per heavy atom. The molecule has 0 aliphatic rings. The highest BCUT2D eigenvalue weighted by molar-refractivity contribution is 7.15. The van der Waals surface area contributed by atoms with Crippen molar-refractivity contribution in [3.05, 3.63) is 40.4 Å². The molecule has 0 unspecified atom stereocenters. The van der Waals surface area contributed by atoms with Crippen LogP contribution in [-0.4, -0.2) is 17.0 Å². The summed E-state index contributed by atoms with van der Waals surface area (Å²) in [5.41, 5.74) is 1.95. The van der Waals surface area contributed by atoms with Crippen LogP contribution in [-0.2, 0) is 4.79 Å². The standard InChI is InChI=1S/C15H18N2O2S/c1-9-7-5-6-8-13(9)19-11(3)14(18)17-15-16-10(2)12(4)20-15/h5-8,11H,1-4H3,(H,16,17,18)/t11-/m0/s1. The van der Waals surface area contributed by atoms with E-state index in [1.165, 1.54) is 11.3 Å². The molecule has 1 heterocycles. The van der Waals surface area contributed by atoms with Crippen molar-refractivity contribution in [2.75, 3.05) is 5.32 Å². The Balaban J connectivity index is 2.00. The zero-order chi connectivity index (χ0) is 14.7. The number of nitrogens with zero attached hydrogens (tertiary/aromatic N) is 1. The van der Waals surface area contributed by atoms with Gasteiger partial charge in [0.05, 0.1) is 5.69 Å². The number of anilines is 1. The number of para-hydroxylation sites is 1. The van der Waals surface area contributed by atoms with Crippen LogP contribution in [0.4, 0.5) is 5.13 Å². The molecule has 1 atom stereocenters. The van der Waals surface area contributed by atoms with E-state index < -0.39 is 6.10 Å². The summed E-state index contributed by atoms with van der Waals surface area (Å²) in [5.74, 6) is 0.531. The first-order valence-electron chi connectivity index (χ1n) is 6.44. The molecule has 0 aliphatic heterocycles. The van der Waals surface area contributed by atoms with Gasteiger partial charge in [0.25, 0.3) is 5.91 Å². The number of nitrogens with one attached hydrogen (secondary N) is 1. The third kappa shape index (κ3) is 3.36. The second-order valence-corrected chi connectivity index (χ2v) is 5.88. The van der Waals surface area contributed by atoms with Gasteiger partial charge in [0.15, 0.2) is 11.2 Å². The lowest BCUT2D eigenvalue weighted by Crippen LogP contribution is -2.30. The largest absolute Gasteiger partial charge is 0.481 e. The molecule has 1 aromatic carbocycles. The second kappa shape index (κ2) is 6.05. The van der Waals surface area contributed by atoms with Crippen LogP contribution in [0.3, 0.4) is 0 Å².